The highest BCUT2D eigenvalue weighted by molar-refractivity contribution is 5.78. The highest BCUT2D eigenvalue weighted by Crippen LogP contribution is 2.32. The number of nitrogen functional groups attached to an aromatic ring is 1. The van der Waals surface area contributed by atoms with Gasteiger partial charge in [-0.15, -0.1) is 0 Å². The van der Waals surface area contributed by atoms with Gasteiger partial charge in [0, 0.05) is 28.5 Å². The van der Waals surface area contributed by atoms with Crippen molar-refractivity contribution >= 4 is 11.5 Å². The van der Waals surface area contributed by atoms with Gasteiger partial charge in [0.25, 0.3) is 0 Å². The number of hydrogen-bond donors (Lipinski definition) is 1. The number of fused-ring (bicyclic) bond motifs is 1. The average Bonchev–Trinajstić information content (AvgIpc) is 3.48. The van der Waals surface area contributed by atoms with E-state index < -0.39 is 0 Å². The first-order valence-corrected chi connectivity index (χ1v) is 15.7. The normalized spacial score (nSPS) is 11.1. The molecule has 0 saturated heterocycles. The molecule has 0 unspecified atom stereocenters. The van der Waals surface area contributed by atoms with Crippen LogP contribution < -0.4 is 5.73 Å². The second kappa shape index (κ2) is 12.2. The van der Waals surface area contributed by atoms with Crippen LogP contribution in [-0.4, -0.2) is 19.4 Å². The molecule has 5 aromatic carbocycles. The average molecular weight is 606 g/mol. The van der Waals surface area contributed by atoms with Crippen LogP contribution in [0.15, 0.2) is 164 Å². The van der Waals surface area contributed by atoms with Crippen LogP contribution in [0, 0.1) is 0 Å². The van der Waals surface area contributed by atoms with E-state index in [2.05, 4.69) is 109 Å². The Morgan fingerprint density at radius 1 is 0.489 bits per heavy atom. The van der Waals surface area contributed by atoms with Crippen LogP contribution in [0.4, 0.5) is 5.82 Å². The number of imidazole rings is 1. The number of nitrogens with zero attached hydrogens (tertiary/aromatic N) is 4. The van der Waals surface area contributed by atoms with Gasteiger partial charge in [-0.05, 0) is 52.9 Å². The van der Waals surface area contributed by atoms with Crippen LogP contribution in [0.5, 0.6) is 0 Å². The van der Waals surface area contributed by atoms with Gasteiger partial charge >= 0.3 is 0 Å². The Morgan fingerprint density at radius 2 is 1.13 bits per heavy atom. The van der Waals surface area contributed by atoms with Crippen molar-refractivity contribution in [3.63, 3.8) is 0 Å². The summed E-state index contributed by atoms with van der Waals surface area (Å²) in [5, 5.41) is 0. The van der Waals surface area contributed by atoms with Crippen molar-refractivity contribution < 1.29 is 0 Å². The first kappa shape index (κ1) is 28.2. The summed E-state index contributed by atoms with van der Waals surface area (Å²) in [6.45, 7) is 0. The smallest absolute Gasteiger partial charge is 0.160 e. The van der Waals surface area contributed by atoms with E-state index in [1.165, 1.54) is 16.7 Å². The summed E-state index contributed by atoms with van der Waals surface area (Å²) >= 11 is 0. The molecule has 0 aliphatic carbocycles. The summed E-state index contributed by atoms with van der Waals surface area (Å²) in [7, 11) is 0. The number of aromatic nitrogens is 4. The minimum atomic E-state index is 0.643. The molecule has 8 aromatic rings. The molecule has 0 fully saturated rings. The fourth-order valence-corrected chi connectivity index (χ4v) is 6.08. The molecule has 5 heteroatoms. The molecule has 224 valence electrons. The third-order valence-electron chi connectivity index (χ3n) is 8.51. The molecule has 0 bridgehead atoms. The zero-order chi connectivity index (χ0) is 31.6. The predicted molar refractivity (Wildman–Crippen MR) is 192 cm³/mol. The SMILES string of the molecule is Nc1c(-c2ccccc2Cc2ccc(-c3nc(-c4ccccc4)cc(-c4cccc(-c5ccccc5)c4)n3)cc2)nc2ccccn12. The number of rotatable bonds is 7. The highest BCUT2D eigenvalue weighted by atomic mass is 15.1. The second-order valence-electron chi connectivity index (χ2n) is 11.6. The Labute approximate surface area is 273 Å². The van der Waals surface area contributed by atoms with E-state index in [1.54, 1.807) is 0 Å². The molecule has 2 N–H and O–H groups in total. The van der Waals surface area contributed by atoms with E-state index >= 15 is 0 Å². The largest absolute Gasteiger partial charge is 0.383 e. The molecule has 5 nitrogen and oxygen atoms in total. The maximum Gasteiger partial charge on any atom is 0.160 e. The highest BCUT2D eigenvalue weighted by Gasteiger charge is 2.15. The lowest BCUT2D eigenvalue weighted by molar-refractivity contribution is 1.17. The minimum Gasteiger partial charge on any atom is -0.383 e. The van der Waals surface area contributed by atoms with E-state index in [9.17, 15) is 0 Å². The molecular formula is C42H31N5. The summed E-state index contributed by atoms with van der Waals surface area (Å²) < 4.78 is 1.93. The third-order valence-corrected chi connectivity index (χ3v) is 8.51. The van der Waals surface area contributed by atoms with Gasteiger partial charge in [-0.25, -0.2) is 15.0 Å². The Kier molecular flexibility index (Phi) is 7.32. The maximum atomic E-state index is 6.55. The second-order valence-corrected chi connectivity index (χ2v) is 11.6. The molecular weight excluding hydrogens is 574 g/mol. The lowest BCUT2D eigenvalue weighted by atomic mass is 9.97. The van der Waals surface area contributed by atoms with Crippen LogP contribution in [0.1, 0.15) is 11.1 Å². The van der Waals surface area contributed by atoms with Crippen molar-refractivity contribution in [3.05, 3.63) is 175 Å². The molecule has 0 aliphatic heterocycles. The molecule has 47 heavy (non-hydrogen) atoms. The standard InChI is InChI=1S/C42H31N5/c43-41-40(46-39-20-9-10-25-47(39)41)36-19-8-7-16-34(36)26-29-21-23-32(24-22-29)42-44-37(31-14-5-2-6-15-31)28-38(45-42)35-18-11-17-33(27-35)30-12-3-1-4-13-30/h1-25,27-28H,26,43H2. The zero-order valence-electron chi connectivity index (χ0n) is 25.7. The number of hydrogen-bond acceptors (Lipinski definition) is 4. The minimum absolute atomic E-state index is 0.643. The predicted octanol–water partition coefficient (Wildman–Crippen LogP) is 9.63. The van der Waals surface area contributed by atoms with Crippen molar-refractivity contribution in [3.8, 4) is 56.3 Å². The van der Waals surface area contributed by atoms with Gasteiger partial charge < -0.3 is 5.73 Å². The number of nitrogens with two attached hydrogens (primary N) is 1. The summed E-state index contributed by atoms with van der Waals surface area (Å²) in [6, 6.07) is 54.2. The molecule has 0 radical (unpaired) electrons. The van der Waals surface area contributed by atoms with E-state index in [1.807, 2.05) is 59.1 Å². The van der Waals surface area contributed by atoms with Gasteiger partial charge in [0.05, 0.1) is 11.4 Å². The van der Waals surface area contributed by atoms with Gasteiger partial charge in [-0.1, -0.05) is 133 Å². The van der Waals surface area contributed by atoms with Gasteiger partial charge in [0.2, 0.25) is 0 Å². The lowest BCUT2D eigenvalue weighted by Crippen LogP contribution is -1.98. The Hall–Kier alpha value is -6.33. The van der Waals surface area contributed by atoms with Crippen molar-refractivity contribution in [2.24, 2.45) is 0 Å². The van der Waals surface area contributed by atoms with E-state index in [-0.39, 0.29) is 0 Å². The monoisotopic (exact) mass is 605 g/mol. The fourth-order valence-electron chi connectivity index (χ4n) is 6.08. The van der Waals surface area contributed by atoms with E-state index in [0.717, 1.165) is 57.0 Å². The summed E-state index contributed by atoms with van der Waals surface area (Å²) in [5.41, 5.74) is 18.7. The number of pyridine rings is 1. The molecule has 3 aromatic heterocycles. The Morgan fingerprint density at radius 3 is 1.89 bits per heavy atom. The molecule has 0 saturated carbocycles. The maximum absolute atomic E-state index is 6.55. The van der Waals surface area contributed by atoms with Crippen LogP contribution >= 0.6 is 0 Å². The van der Waals surface area contributed by atoms with Crippen molar-refractivity contribution in [2.45, 2.75) is 6.42 Å². The van der Waals surface area contributed by atoms with Crippen molar-refractivity contribution in [1.82, 2.24) is 19.4 Å². The van der Waals surface area contributed by atoms with Gasteiger partial charge in [-0.3, -0.25) is 4.40 Å². The van der Waals surface area contributed by atoms with E-state index in [4.69, 9.17) is 20.7 Å². The van der Waals surface area contributed by atoms with Crippen LogP contribution in [0.3, 0.4) is 0 Å². The first-order valence-electron chi connectivity index (χ1n) is 15.7. The molecule has 0 atom stereocenters. The number of anilines is 1. The summed E-state index contributed by atoms with van der Waals surface area (Å²) in [5.74, 6) is 1.33. The molecule has 0 spiro atoms. The summed E-state index contributed by atoms with van der Waals surface area (Å²) in [4.78, 5) is 15.0. The molecule has 0 amide bonds. The number of benzene rings is 5. The third kappa shape index (κ3) is 5.67. The Bertz CT molecular complexity index is 2320. The van der Waals surface area contributed by atoms with Crippen molar-refractivity contribution in [2.75, 3.05) is 5.73 Å². The molecule has 0 aliphatic rings. The van der Waals surface area contributed by atoms with Crippen LogP contribution in [0.2, 0.25) is 0 Å². The topological polar surface area (TPSA) is 69.1 Å². The molecule has 8 rings (SSSR count). The van der Waals surface area contributed by atoms with Gasteiger partial charge in [0.1, 0.15) is 17.2 Å². The van der Waals surface area contributed by atoms with Gasteiger partial charge in [-0.2, -0.15) is 0 Å². The summed E-state index contributed by atoms with van der Waals surface area (Å²) in [6.07, 6.45) is 2.69. The molecule has 3 heterocycles. The fraction of sp³-hybridized carbons (Fsp3) is 0.0238. The van der Waals surface area contributed by atoms with Crippen molar-refractivity contribution in [1.29, 1.82) is 0 Å². The van der Waals surface area contributed by atoms with Gasteiger partial charge in [0.15, 0.2) is 5.82 Å². The van der Waals surface area contributed by atoms with E-state index in [0.29, 0.717) is 11.6 Å². The first-order chi connectivity index (χ1) is 23.2. The quantitative estimate of drug-likeness (QED) is 0.196. The van der Waals surface area contributed by atoms with Crippen LogP contribution in [-0.2, 0) is 6.42 Å². The zero-order valence-corrected chi connectivity index (χ0v) is 25.7. The Balaban J connectivity index is 1.14. The van der Waals surface area contributed by atoms with Crippen LogP contribution in [0.25, 0.3) is 61.9 Å². The lowest BCUT2D eigenvalue weighted by Gasteiger charge is -2.12.